The molecule has 1 aromatic rings. The van der Waals surface area contributed by atoms with E-state index in [1.807, 2.05) is 19.0 Å². The van der Waals surface area contributed by atoms with Crippen LogP contribution < -0.4 is 5.73 Å². The van der Waals surface area contributed by atoms with Gasteiger partial charge in [0.25, 0.3) is 0 Å². The summed E-state index contributed by atoms with van der Waals surface area (Å²) in [6, 6.07) is -0.0925. The molecule has 0 amide bonds. The van der Waals surface area contributed by atoms with Gasteiger partial charge in [0, 0.05) is 26.2 Å². The van der Waals surface area contributed by atoms with Gasteiger partial charge < -0.3 is 10.6 Å². The van der Waals surface area contributed by atoms with E-state index in [9.17, 15) is 13.2 Å². The van der Waals surface area contributed by atoms with Crippen LogP contribution in [0.5, 0.6) is 0 Å². The van der Waals surface area contributed by atoms with Crippen LogP contribution in [0.25, 0.3) is 0 Å². The number of nitrogens with two attached hydrogens (primary N) is 1. The Balaban J connectivity index is 2.32. The first-order valence-corrected chi connectivity index (χ1v) is 6.80. The van der Waals surface area contributed by atoms with Crippen LogP contribution >= 0.6 is 11.3 Å². The van der Waals surface area contributed by atoms with Crippen molar-refractivity contribution >= 4 is 11.3 Å². The molecule has 8 heteroatoms. The van der Waals surface area contributed by atoms with Gasteiger partial charge in [0.05, 0.1) is 10.9 Å². The third-order valence-corrected chi connectivity index (χ3v) is 4.48. The summed E-state index contributed by atoms with van der Waals surface area (Å²) in [5.74, 6) is 0. The van der Waals surface area contributed by atoms with E-state index in [2.05, 4.69) is 9.88 Å². The van der Waals surface area contributed by atoms with Gasteiger partial charge in [0.2, 0.25) is 0 Å². The van der Waals surface area contributed by atoms with Gasteiger partial charge in [-0.3, -0.25) is 4.90 Å². The van der Waals surface area contributed by atoms with Crippen molar-refractivity contribution in [3.8, 4) is 0 Å². The summed E-state index contributed by atoms with van der Waals surface area (Å²) in [7, 11) is 3.87. The summed E-state index contributed by atoms with van der Waals surface area (Å²) in [5, 5.41) is 0.502. The first kappa shape index (κ1) is 14.7. The number of thiazole rings is 1. The number of hydrogen-bond acceptors (Lipinski definition) is 5. The molecule has 1 saturated heterocycles. The molecular formula is C11H17F3N4S. The predicted molar refractivity (Wildman–Crippen MR) is 67.9 cm³/mol. The van der Waals surface area contributed by atoms with E-state index in [1.165, 1.54) is 0 Å². The molecule has 2 rings (SSSR count). The Kier molecular flexibility index (Phi) is 4.14. The molecule has 1 aliphatic heterocycles. The van der Waals surface area contributed by atoms with Gasteiger partial charge in [-0.1, -0.05) is 0 Å². The van der Waals surface area contributed by atoms with Gasteiger partial charge in [-0.05, 0) is 14.1 Å². The van der Waals surface area contributed by atoms with Crippen molar-refractivity contribution in [1.29, 1.82) is 0 Å². The van der Waals surface area contributed by atoms with Crippen LogP contribution in [0, 0.1) is 0 Å². The number of likely N-dealkylation sites (N-methyl/N-ethyl adjacent to an activating group) is 2. The van der Waals surface area contributed by atoms with Crippen LogP contribution in [0.15, 0.2) is 0 Å². The van der Waals surface area contributed by atoms with E-state index in [1.54, 1.807) is 0 Å². The fourth-order valence-corrected chi connectivity index (χ4v) is 3.27. The number of nitrogens with zero attached hydrogens (tertiary/aromatic N) is 3. The fraction of sp³-hybridized carbons (Fsp3) is 0.727. The van der Waals surface area contributed by atoms with Crippen LogP contribution in [-0.4, -0.2) is 48.5 Å². The Morgan fingerprint density at radius 1 is 1.37 bits per heavy atom. The maximum absolute atomic E-state index is 12.9. The van der Waals surface area contributed by atoms with Crippen molar-refractivity contribution in [1.82, 2.24) is 14.8 Å². The molecule has 4 nitrogen and oxygen atoms in total. The molecule has 0 radical (unpaired) electrons. The molecule has 1 aliphatic rings. The molecule has 2 N–H and O–H groups in total. The molecule has 0 saturated carbocycles. The highest BCUT2D eigenvalue weighted by Crippen LogP contribution is 2.37. The summed E-state index contributed by atoms with van der Waals surface area (Å²) in [6.07, 6.45) is -4.43. The molecule has 0 spiro atoms. The Morgan fingerprint density at radius 3 is 2.58 bits per heavy atom. The quantitative estimate of drug-likeness (QED) is 0.899. The highest BCUT2D eigenvalue weighted by molar-refractivity contribution is 7.11. The minimum absolute atomic E-state index is 0.0925. The lowest BCUT2D eigenvalue weighted by molar-refractivity contribution is -0.141. The SMILES string of the molecule is CN1CCN(C)C(c2nc(C(F)(F)F)c(CN)s2)C1. The molecule has 1 aromatic heterocycles. The molecule has 0 aliphatic carbocycles. The smallest absolute Gasteiger partial charge is 0.326 e. The normalized spacial score (nSPS) is 22.9. The number of halogens is 3. The minimum atomic E-state index is -4.43. The highest BCUT2D eigenvalue weighted by Gasteiger charge is 2.38. The highest BCUT2D eigenvalue weighted by atomic mass is 32.1. The van der Waals surface area contributed by atoms with Crippen molar-refractivity contribution in [3.63, 3.8) is 0 Å². The Labute approximate surface area is 114 Å². The molecular weight excluding hydrogens is 277 g/mol. The third kappa shape index (κ3) is 3.07. The molecule has 1 atom stereocenters. The van der Waals surface area contributed by atoms with E-state index in [0.717, 1.165) is 24.4 Å². The van der Waals surface area contributed by atoms with E-state index in [-0.39, 0.29) is 17.5 Å². The van der Waals surface area contributed by atoms with Gasteiger partial charge in [-0.2, -0.15) is 13.2 Å². The number of alkyl halides is 3. The molecule has 1 fully saturated rings. The maximum Gasteiger partial charge on any atom is 0.434 e. The average molecular weight is 294 g/mol. The summed E-state index contributed by atoms with van der Waals surface area (Å²) >= 11 is 1.07. The van der Waals surface area contributed by atoms with Crippen LogP contribution in [0.1, 0.15) is 21.6 Å². The number of piperazine rings is 1. The molecule has 19 heavy (non-hydrogen) atoms. The Bertz CT molecular complexity index is 446. The van der Waals surface area contributed by atoms with Crippen molar-refractivity contribution in [2.45, 2.75) is 18.8 Å². The van der Waals surface area contributed by atoms with Crippen LogP contribution in [-0.2, 0) is 12.7 Å². The number of hydrogen-bond donors (Lipinski definition) is 1. The van der Waals surface area contributed by atoms with Crippen molar-refractivity contribution in [3.05, 3.63) is 15.6 Å². The Morgan fingerprint density at radius 2 is 2.05 bits per heavy atom. The summed E-state index contributed by atoms with van der Waals surface area (Å²) in [6.45, 7) is 2.29. The molecule has 2 heterocycles. The molecule has 108 valence electrons. The minimum Gasteiger partial charge on any atom is -0.326 e. The van der Waals surface area contributed by atoms with E-state index in [0.29, 0.717) is 11.6 Å². The summed E-state index contributed by atoms with van der Waals surface area (Å²) in [5.41, 5.74) is 4.58. The van der Waals surface area contributed by atoms with Crippen LogP contribution in [0.3, 0.4) is 0 Å². The van der Waals surface area contributed by atoms with Gasteiger partial charge in [0.15, 0.2) is 5.69 Å². The number of rotatable bonds is 2. The maximum atomic E-state index is 12.9. The lowest BCUT2D eigenvalue weighted by Crippen LogP contribution is -2.44. The van der Waals surface area contributed by atoms with Crippen LogP contribution in [0.4, 0.5) is 13.2 Å². The lowest BCUT2D eigenvalue weighted by Gasteiger charge is -2.36. The lowest BCUT2D eigenvalue weighted by atomic mass is 10.2. The largest absolute Gasteiger partial charge is 0.434 e. The van der Waals surface area contributed by atoms with Gasteiger partial charge in [0.1, 0.15) is 5.01 Å². The zero-order valence-electron chi connectivity index (χ0n) is 10.9. The van der Waals surface area contributed by atoms with E-state index < -0.39 is 11.9 Å². The Hall–Kier alpha value is -0.700. The van der Waals surface area contributed by atoms with Crippen molar-refractivity contribution in [2.75, 3.05) is 33.7 Å². The second-order valence-electron chi connectivity index (χ2n) is 4.78. The van der Waals surface area contributed by atoms with Crippen molar-refractivity contribution < 1.29 is 13.2 Å². The van der Waals surface area contributed by atoms with E-state index in [4.69, 9.17) is 5.73 Å². The number of aromatic nitrogens is 1. The third-order valence-electron chi connectivity index (χ3n) is 3.30. The topological polar surface area (TPSA) is 45.4 Å². The fourth-order valence-electron chi connectivity index (χ4n) is 2.15. The first-order chi connectivity index (χ1) is 8.82. The summed E-state index contributed by atoms with van der Waals surface area (Å²) < 4.78 is 38.6. The van der Waals surface area contributed by atoms with Gasteiger partial charge >= 0.3 is 6.18 Å². The average Bonchev–Trinajstić information content (AvgIpc) is 2.76. The zero-order valence-corrected chi connectivity index (χ0v) is 11.7. The van der Waals surface area contributed by atoms with Crippen molar-refractivity contribution in [2.24, 2.45) is 5.73 Å². The van der Waals surface area contributed by atoms with Gasteiger partial charge in [-0.15, -0.1) is 11.3 Å². The van der Waals surface area contributed by atoms with Crippen LogP contribution in [0.2, 0.25) is 0 Å². The predicted octanol–water partition coefficient (Wildman–Crippen LogP) is 1.54. The first-order valence-electron chi connectivity index (χ1n) is 5.98. The molecule has 1 unspecified atom stereocenters. The second-order valence-corrected chi connectivity index (χ2v) is 5.90. The monoisotopic (exact) mass is 294 g/mol. The summed E-state index contributed by atoms with van der Waals surface area (Å²) in [4.78, 5) is 8.06. The zero-order chi connectivity index (χ0) is 14.2. The molecule has 0 aromatic carbocycles. The van der Waals surface area contributed by atoms with E-state index >= 15 is 0 Å². The standard InChI is InChI=1S/C11H17F3N4S/c1-17-3-4-18(2)7(6-17)10-16-9(11(12,13)14)8(5-15)19-10/h7H,3-6,15H2,1-2H3. The molecule has 0 bridgehead atoms. The second kappa shape index (κ2) is 5.35. The van der Waals surface area contributed by atoms with Gasteiger partial charge in [-0.25, -0.2) is 4.98 Å².